The lowest BCUT2D eigenvalue weighted by Gasteiger charge is -2.32. The second-order valence-corrected chi connectivity index (χ2v) is 10.2. The van der Waals surface area contributed by atoms with E-state index >= 15 is 0 Å². The lowest BCUT2D eigenvalue weighted by molar-refractivity contribution is -0.117. The van der Waals surface area contributed by atoms with Gasteiger partial charge in [0.15, 0.2) is 0 Å². The van der Waals surface area contributed by atoms with Crippen molar-refractivity contribution in [2.45, 2.75) is 12.8 Å². The average molecular weight is 451 g/mol. The van der Waals surface area contributed by atoms with Gasteiger partial charge in [0.2, 0.25) is 15.9 Å². The van der Waals surface area contributed by atoms with E-state index in [-0.39, 0.29) is 24.3 Å². The normalized spacial score (nSPS) is 17.4. The van der Waals surface area contributed by atoms with Crippen LogP contribution in [0.2, 0.25) is 0 Å². The largest absolute Gasteiger partial charge is 0.325 e. The molecule has 1 aliphatic heterocycles. The van der Waals surface area contributed by atoms with Crippen LogP contribution in [0, 0.1) is 5.92 Å². The van der Waals surface area contributed by atoms with Crippen molar-refractivity contribution in [3.05, 3.63) is 46.7 Å². The minimum Gasteiger partial charge on any atom is -0.325 e. The number of piperidine rings is 1. The first-order chi connectivity index (χ1) is 14.3. The van der Waals surface area contributed by atoms with Crippen LogP contribution < -0.4 is 15.4 Å². The fourth-order valence-electron chi connectivity index (χ4n) is 3.37. The molecule has 2 amide bonds. The number of carbonyl (C=O) groups excluding carboxylic acids is 2. The van der Waals surface area contributed by atoms with Gasteiger partial charge in [0.25, 0.3) is 5.91 Å². The average Bonchev–Trinajstić information content (AvgIpc) is 3.23. The molecule has 10 heteroatoms. The maximum absolute atomic E-state index is 12.4. The summed E-state index contributed by atoms with van der Waals surface area (Å²) in [6, 6.07) is 10.6. The first kappa shape index (κ1) is 22.4. The van der Waals surface area contributed by atoms with Gasteiger partial charge in [-0.2, -0.15) is 0 Å². The van der Waals surface area contributed by atoms with E-state index in [1.165, 1.54) is 11.3 Å². The van der Waals surface area contributed by atoms with E-state index in [2.05, 4.69) is 15.4 Å². The summed E-state index contributed by atoms with van der Waals surface area (Å²) in [5, 5.41) is 7.53. The van der Waals surface area contributed by atoms with Gasteiger partial charge >= 0.3 is 0 Å². The third-order valence-corrected chi connectivity index (χ3v) is 6.34. The lowest BCUT2D eigenvalue weighted by Crippen LogP contribution is -2.43. The standard InChI is InChI=1S/C20H26N4O4S2/c1-30(27,28)21-12-15-4-2-10-24(13-15)14-19(25)22-16-6-8-17(9-7-16)23-20(26)18-5-3-11-29-18/h3,5-9,11,15,21H,2,4,10,12-14H2,1H3,(H,22,25)(H,23,26). The molecule has 30 heavy (non-hydrogen) atoms. The Morgan fingerprint density at radius 2 is 1.83 bits per heavy atom. The third-order valence-electron chi connectivity index (χ3n) is 4.78. The van der Waals surface area contributed by atoms with E-state index in [1.807, 2.05) is 16.3 Å². The molecule has 1 unspecified atom stereocenters. The van der Waals surface area contributed by atoms with Crippen molar-refractivity contribution in [3.8, 4) is 0 Å². The zero-order valence-corrected chi connectivity index (χ0v) is 18.4. The number of thiophene rings is 1. The molecule has 2 aromatic rings. The molecule has 1 saturated heterocycles. The van der Waals surface area contributed by atoms with Gasteiger partial charge in [-0.15, -0.1) is 11.3 Å². The molecule has 8 nitrogen and oxygen atoms in total. The van der Waals surface area contributed by atoms with Crippen LogP contribution in [0.3, 0.4) is 0 Å². The molecule has 0 aliphatic carbocycles. The molecule has 1 aromatic heterocycles. The van der Waals surface area contributed by atoms with Gasteiger partial charge in [0, 0.05) is 24.5 Å². The van der Waals surface area contributed by atoms with Crippen molar-refractivity contribution in [1.82, 2.24) is 9.62 Å². The first-order valence-corrected chi connectivity index (χ1v) is 12.5. The SMILES string of the molecule is CS(=O)(=O)NCC1CCCN(CC(=O)Nc2ccc(NC(=O)c3cccs3)cc2)C1. The molecule has 0 spiro atoms. The number of sulfonamides is 1. The summed E-state index contributed by atoms with van der Waals surface area (Å²) >= 11 is 1.38. The summed E-state index contributed by atoms with van der Waals surface area (Å²) < 4.78 is 25.1. The second-order valence-electron chi connectivity index (χ2n) is 7.42. The fraction of sp³-hybridized carbons (Fsp3) is 0.400. The van der Waals surface area contributed by atoms with Gasteiger partial charge in [-0.3, -0.25) is 14.5 Å². The Hall–Kier alpha value is -2.27. The van der Waals surface area contributed by atoms with E-state index in [0.717, 1.165) is 25.6 Å². The topological polar surface area (TPSA) is 108 Å². The Kier molecular flexibility index (Phi) is 7.59. The zero-order chi connectivity index (χ0) is 21.6. The van der Waals surface area contributed by atoms with Crippen molar-refractivity contribution >= 4 is 44.5 Å². The van der Waals surface area contributed by atoms with Crippen molar-refractivity contribution in [2.24, 2.45) is 5.92 Å². The molecular weight excluding hydrogens is 424 g/mol. The molecule has 1 atom stereocenters. The number of rotatable bonds is 8. The molecule has 1 aliphatic rings. The van der Waals surface area contributed by atoms with Gasteiger partial charge < -0.3 is 10.6 Å². The van der Waals surface area contributed by atoms with E-state index in [0.29, 0.717) is 29.3 Å². The maximum atomic E-state index is 12.4. The highest BCUT2D eigenvalue weighted by molar-refractivity contribution is 7.88. The summed E-state index contributed by atoms with van der Waals surface area (Å²) in [4.78, 5) is 27.1. The van der Waals surface area contributed by atoms with Crippen LogP contribution >= 0.6 is 11.3 Å². The number of hydrogen-bond donors (Lipinski definition) is 3. The second kappa shape index (κ2) is 10.2. The predicted octanol–water partition coefficient (Wildman–Crippen LogP) is 2.20. The number of anilines is 2. The third kappa shape index (κ3) is 7.21. The van der Waals surface area contributed by atoms with Crippen LogP contribution in [0.15, 0.2) is 41.8 Å². The van der Waals surface area contributed by atoms with Crippen LogP contribution in [0.5, 0.6) is 0 Å². The van der Waals surface area contributed by atoms with Crippen LogP contribution in [-0.2, 0) is 14.8 Å². The number of likely N-dealkylation sites (tertiary alicyclic amines) is 1. The van der Waals surface area contributed by atoms with Crippen molar-refractivity contribution in [1.29, 1.82) is 0 Å². The fourth-order valence-corrected chi connectivity index (χ4v) is 4.53. The quantitative estimate of drug-likeness (QED) is 0.572. The number of benzene rings is 1. The van der Waals surface area contributed by atoms with Crippen LogP contribution in [0.25, 0.3) is 0 Å². The number of hydrogen-bond acceptors (Lipinski definition) is 6. The van der Waals surface area contributed by atoms with Gasteiger partial charge in [0.05, 0.1) is 17.7 Å². The maximum Gasteiger partial charge on any atom is 0.265 e. The molecule has 0 bridgehead atoms. The predicted molar refractivity (Wildman–Crippen MR) is 119 cm³/mol. The number of carbonyl (C=O) groups is 2. The molecule has 2 heterocycles. The smallest absolute Gasteiger partial charge is 0.265 e. The highest BCUT2D eigenvalue weighted by Crippen LogP contribution is 2.18. The molecule has 3 N–H and O–H groups in total. The molecule has 1 fully saturated rings. The molecular formula is C20H26N4O4S2. The Balaban J connectivity index is 1.45. The minimum atomic E-state index is -3.20. The van der Waals surface area contributed by atoms with Crippen molar-refractivity contribution < 1.29 is 18.0 Å². The lowest BCUT2D eigenvalue weighted by atomic mass is 9.98. The summed E-state index contributed by atoms with van der Waals surface area (Å²) in [6.45, 7) is 2.15. The first-order valence-electron chi connectivity index (χ1n) is 9.70. The molecule has 0 saturated carbocycles. The number of nitrogens with one attached hydrogen (secondary N) is 3. The highest BCUT2D eigenvalue weighted by atomic mass is 32.2. The van der Waals surface area contributed by atoms with Crippen LogP contribution in [-0.4, -0.2) is 57.6 Å². The molecule has 162 valence electrons. The summed E-state index contributed by atoms with van der Waals surface area (Å²) in [6.07, 6.45) is 3.03. The molecule has 1 aromatic carbocycles. The van der Waals surface area contributed by atoms with Crippen molar-refractivity contribution in [2.75, 3.05) is 43.1 Å². The Morgan fingerprint density at radius 3 is 2.47 bits per heavy atom. The van der Waals surface area contributed by atoms with Gasteiger partial charge in [-0.25, -0.2) is 13.1 Å². The summed E-state index contributed by atoms with van der Waals surface area (Å²) in [5.74, 6) is -0.0820. The van der Waals surface area contributed by atoms with Crippen LogP contribution in [0.1, 0.15) is 22.5 Å². The highest BCUT2D eigenvalue weighted by Gasteiger charge is 2.22. The van der Waals surface area contributed by atoms with E-state index in [1.54, 1.807) is 30.3 Å². The van der Waals surface area contributed by atoms with Crippen molar-refractivity contribution in [3.63, 3.8) is 0 Å². The van der Waals surface area contributed by atoms with Crippen LogP contribution in [0.4, 0.5) is 11.4 Å². The Morgan fingerprint density at radius 1 is 1.13 bits per heavy atom. The Bertz CT molecular complexity index is 959. The summed E-state index contributed by atoms with van der Waals surface area (Å²) in [5.41, 5.74) is 1.31. The number of amides is 2. The van der Waals surface area contributed by atoms with Gasteiger partial charge in [-0.1, -0.05) is 6.07 Å². The van der Waals surface area contributed by atoms with Gasteiger partial charge in [-0.05, 0) is 61.0 Å². The Labute approximate surface area is 180 Å². The monoisotopic (exact) mass is 450 g/mol. The summed E-state index contributed by atoms with van der Waals surface area (Å²) in [7, 11) is -3.20. The minimum absolute atomic E-state index is 0.123. The number of nitrogens with zero attached hydrogens (tertiary/aromatic N) is 1. The van der Waals surface area contributed by atoms with E-state index in [4.69, 9.17) is 0 Å². The molecule has 0 radical (unpaired) electrons. The van der Waals surface area contributed by atoms with Gasteiger partial charge in [0.1, 0.15) is 0 Å². The van der Waals surface area contributed by atoms with E-state index < -0.39 is 10.0 Å². The zero-order valence-electron chi connectivity index (χ0n) is 16.8. The molecule has 3 rings (SSSR count). The van der Waals surface area contributed by atoms with E-state index in [9.17, 15) is 18.0 Å².